The quantitative estimate of drug-likeness (QED) is 0.372. The Kier molecular flexibility index (Phi) is 6.31. The van der Waals surface area contributed by atoms with E-state index < -0.39 is 9.84 Å². The number of carbonyl (C=O) groups is 1. The van der Waals surface area contributed by atoms with Gasteiger partial charge in [0.1, 0.15) is 10.7 Å². The number of hydrogen-bond donors (Lipinski definition) is 2. The molecule has 11 heteroatoms. The molecule has 4 aromatic rings. The molecule has 3 N–H and O–H groups in total. The van der Waals surface area contributed by atoms with E-state index >= 15 is 0 Å². The van der Waals surface area contributed by atoms with Crippen LogP contribution in [-0.4, -0.2) is 69.7 Å². The minimum atomic E-state index is -3.71. The fourth-order valence-electron chi connectivity index (χ4n) is 7.05. The van der Waals surface area contributed by atoms with Crippen LogP contribution in [0.4, 0.5) is 5.82 Å². The van der Waals surface area contributed by atoms with E-state index in [0.29, 0.717) is 24.2 Å². The number of carbonyl (C=O) groups excluding carboxylic acids is 1. The van der Waals surface area contributed by atoms with Crippen LogP contribution < -0.4 is 11.1 Å². The van der Waals surface area contributed by atoms with E-state index in [1.807, 2.05) is 42.5 Å². The lowest BCUT2D eigenvalue weighted by Gasteiger charge is -2.40. The van der Waals surface area contributed by atoms with Gasteiger partial charge in [-0.15, -0.1) is 0 Å². The predicted octanol–water partition coefficient (Wildman–Crippen LogP) is 3.43. The van der Waals surface area contributed by atoms with Crippen molar-refractivity contribution in [3.63, 3.8) is 0 Å². The lowest BCUT2D eigenvalue weighted by molar-refractivity contribution is -0.137. The van der Waals surface area contributed by atoms with Crippen molar-refractivity contribution in [1.82, 2.24) is 29.8 Å². The first-order chi connectivity index (χ1) is 19.8. The van der Waals surface area contributed by atoms with E-state index in [1.54, 1.807) is 12.4 Å². The number of nitrogens with two attached hydrogens (primary N) is 1. The first kappa shape index (κ1) is 26.1. The van der Waals surface area contributed by atoms with Gasteiger partial charge in [-0.1, -0.05) is 36.4 Å². The zero-order valence-electron chi connectivity index (χ0n) is 22.9. The molecule has 10 nitrogen and oxygen atoms in total. The van der Waals surface area contributed by atoms with Gasteiger partial charge in [-0.25, -0.2) is 13.4 Å². The molecule has 0 unspecified atom stereocenters. The summed E-state index contributed by atoms with van der Waals surface area (Å²) in [5.41, 5.74) is 10.9. The van der Waals surface area contributed by atoms with Crippen molar-refractivity contribution in [2.75, 3.05) is 18.5 Å². The van der Waals surface area contributed by atoms with Crippen LogP contribution in [0.1, 0.15) is 50.1 Å². The molecule has 7 rings (SSSR count). The Balaban J connectivity index is 1.27. The van der Waals surface area contributed by atoms with Gasteiger partial charge >= 0.3 is 0 Å². The smallest absolute Gasteiger partial charge is 0.240 e. The summed E-state index contributed by atoms with van der Waals surface area (Å²) in [4.78, 5) is 25.1. The Labute approximate surface area is 238 Å². The molecule has 1 aromatic carbocycles. The standard InChI is InChI=1S/C30H33N7O3S/c1-41(39,40)27-26(20-14-21-10-11-22(15-20)36(21)30(38)25-8-5-13-32-25)35-29-23(17-34-37(29)28(27)31)19-9-12-24(33-16-19)18-6-3-2-4-7-18/h2-4,6-7,9,12,16-17,20-22,25,32H,5,8,10-11,13-15,31H2,1H3/t20-,21-,22+,25-/m1/s1. The number of sulfone groups is 1. The molecule has 3 aromatic heterocycles. The first-order valence-electron chi connectivity index (χ1n) is 14.2. The normalized spacial score (nSPS) is 24.3. The summed E-state index contributed by atoms with van der Waals surface area (Å²) in [6.45, 7) is 0.876. The summed E-state index contributed by atoms with van der Waals surface area (Å²) in [5.74, 6) is 0.115. The number of anilines is 1. The highest BCUT2D eigenvalue weighted by atomic mass is 32.2. The molecule has 0 spiro atoms. The van der Waals surface area contributed by atoms with Crippen LogP contribution in [0.3, 0.4) is 0 Å². The van der Waals surface area contributed by atoms with E-state index in [9.17, 15) is 13.2 Å². The number of nitrogens with one attached hydrogen (secondary N) is 1. The molecule has 3 fully saturated rings. The van der Waals surface area contributed by atoms with E-state index in [4.69, 9.17) is 10.7 Å². The van der Waals surface area contributed by atoms with E-state index in [0.717, 1.165) is 54.6 Å². The second-order valence-electron chi connectivity index (χ2n) is 11.5. The summed E-state index contributed by atoms with van der Waals surface area (Å²) in [6, 6.07) is 13.9. The van der Waals surface area contributed by atoms with Gasteiger partial charge in [0.05, 0.1) is 23.6 Å². The zero-order valence-corrected chi connectivity index (χ0v) is 23.7. The van der Waals surface area contributed by atoms with Crippen molar-refractivity contribution in [2.45, 2.75) is 67.5 Å². The number of benzene rings is 1. The van der Waals surface area contributed by atoms with E-state index in [2.05, 4.69) is 20.3 Å². The summed E-state index contributed by atoms with van der Waals surface area (Å²) < 4.78 is 27.6. The molecule has 3 aliphatic heterocycles. The van der Waals surface area contributed by atoms with Crippen LogP contribution in [0.15, 0.2) is 59.8 Å². The lowest BCUT2D eigenvalue weighted by Crippen LogP contribution is -2.52. The summed E-state index contributed by atoms with van der Waals surface area (Å²) >= 11 is 0. The largest absolute Gasteiger partial charge is 0.382 e. The van der Waals surface area contributed by atoms with Gasteiger partial charge in [-0.3, -0.25) is 9.78 Å². The fourth-order valence-corrected chi connectivity index (χ4v) is 8.11. The minimum Gasteiger partial charge on any atom is -0.382 e. The topological polar surface area (TPSA) is 136 Å². The number of piperidine rings is 1. The maximum atomic E-state index is 13.4. The lowest BCUT2D eigenvalue weighted by atomic mass is 9.87. The van der Waals surface area contributed by atoms with Crippen molar-refractivity contribution in [2.24, 2.45) is 0 Å². The number of fused-ring (bicyclic) bond motifs is 3. The Morgan fingerprint density at radius 1 is 1.00 bits per heavy atom. The van der Waals surface area contributed by atoms with Gasteiger partial charge in [0.2, 0.25) is 5.91 Å². The highest BCUT2D eigenvalue weighted by Gasteiger charge is 2.47. The second kappa shape index (κ2) is 9.92. The maximum absolute atomic E-state index is 13.4. The van der Waals surface area contributed by atoms with Crippen molar-refractivity contribution in [1.29, 1.82) is 0 Å². The number of nitrogens with zero attached hydrogens (tertiary/aromatic N) is 5. The molecule has 212 valence electrons. The third-order valence-electron chi connectivity index (χ3n) is 8.91. The molecular formula is C30H33N7O3S. The summed E-state index contributed by atoms with van der Waals surface area (Å²) in [5, 5.41) is 7.77. The van der Waals surface area contributed by atoms with Gasteiger partial charge in [0, 0.05) is 47.1 Å². The summed E-state index contributed by atoms with van der Waals surface area (Å²) in [7, 11) is -3.71. The van der Waals surface area contributed by atoms with E-state index in [1.165, 1.54) is 10.8 Å². The van der Waals surface area contributed by atoms with Gasteiger partial charge in [0.25, 0.3) is 0 Å². The molecule has 0 radical (unpaired) electrons. The highest BCUT2D eigenvalue weighted by molar-refractivity contribution is 7.91. The van der Waals surface area contributed by atoms with E-state index in [-0.39, 0.29) is 40.7 Å². The van der Waals surface area contributed by atoms with Crippen molar-refractivity contribution in [3.05, 3.63) is 60.6 Å². The van der Waals surface area contributed by atoms with Crippen molar-refractivity contribution >= 4 is 27.2 Å². The molecular weight excluding hydrogens is 538 g/mol. The number of hydrogen-bond acceptors (Lipinski definition) is 8. The molecule has 2 bridgehead atoms. The van der Waals surface area contributed by atoms with Crippen LogP contribution in [0.5, 0.6) is 0 Å². The molecule has 6 heterocycles. The molecule has 3 aliphatic rings. The molecule has 0 saturated carbocycles. The molecule has 1 amide bonds. The van der Waals surface area contributed by atoms with Crippen LogP contribution in [0.25, 0.3) is 28.0 Å². The van der Waals surface area contributed by atoms with Crippen LogP contribution >= 0.6 is 0 Å². The Morgan fingerprint density at radius 3 is 2.39 bits per heavy atom. The highest BCUT2D eigenvalue weighted by Crippen LogP contribution is 2.45. The Hall–Kier alpha value is -3.83. The molecule has 41 heavy (non-hydrogen) atoms. The molecule has 0 aliphatic carbocycles. The van der Waals surface area contributed by atoms with Gasteiger partial charge in [0.15, 0.2) is 15.5 Å². The van der Waals surface area contributed by atoms with Gasteiger partial charge < -0.3 is 16.0 Å². The van der Waals surface area contributed by atoms with Crippen LogP contribution in [0.2, 0.25) is 0 Å². The Bertz CT molecular complexity index is 1720. The van der Waals surface area contributed by atoms with Crippen molar-refractivity contribution in [3.8, 4) is 22.4 Å². The van der Waals surface area contributed by atoms with Crippen LogP contribution in [-0.2, 0) is 14.6 Å². The number of pyridine rings is 1. The van der Waals surface area contributed by atoms with Gasteiger partial charge in [-0.2, -0.15) is 9.61 Å². The molecule has 4 atom stereocenters. The third kappa shape index (κ3) is 4.47. The monoisotopic (exact) mass is 571 g/mol. The minimum absolute atomic E-state index is 0.0406. The molecule has 3 saturated heterocycles. The summed E-state index contributed by atoms with van der Waals surface area (Å²) in [6.07, 6.45) is 9.67. The average molecular weight is 572 g/mol. The number of aromatic nitrogens is 4. The Morgan fingerprint density at radius 2 is 1.76 bits per heavy atom. The predicted molar refractivity (Wildman–Crippen MR) is 156 cm³/mol. The van der Waals surface area contributed by atoms with Crippen molar-refractivity contribution < 1.29 is 13.2 Å². The SMILES string of the molecule is CS(=O)(=O)c1c([C@@H]2C[C@H]3CC[C@@H](C2)N3C(=O)[C@H]2CCCN2)nc2c(-c3ccc(-c4ccccc4)nc3)cnn2c1N. The third-order valence-corrected chi connectivity index (χ3v) is 10.1. The van der Waals surface area contributed by atoms with Gasteiger partial charge in [-0.05, 0) is 51.1 Å². The maximum Gasteiger partial charge on any atom is 0.240 e. The number of rotatable bonds is 5. The number of amides is 1. The average Bonchev–Trinajstić information content (AvgIpc) is 3.71. The fraction of sp³-hybridized carbons (Fsp3) is 0.400. The first-order valence-corrected chi connectivity index (χ1v) is 16.1. The van der Waals surface area contributed by atoms with Crippen LogP contribution in [0, 0.1) is 0 Å². The second-order valence-corrected chi connectivity index (χ2v) is 13.5. The zero-order chi connectivity index (χ0) is 28.3. The number of nitrogen functional groups attached to an aromatic ring is 1.